The van der Waals surface area contributed by atoms with Gasteiger partial charge in [-0.3, -0.25) is 4.98 Å². The lowest BCUT2D eigenvalue weighted by atomic mass is 10.1. The zero-order chi connectivity index (χ0) is 18.9. The molecule has 0 unspecified atom stereocenters. The Kier molecular flexibility index (Phi) is 8.17. The van der Waals surface area contributed by atoms with E-state index in [1.165, 1.54) is 19.4 Å². The van der Waals surface area contributed by atoms with Crippen LogP contribution in [0.15, 0.2) is 30.5 Å². The fraction of sp³-hybridized carbons (Fsp3) is 0.591. The Morgan fingerprint density at radius 2 is 2.04 bits per heavy atom. The summed E-state index contributed by atoms with van der Waals surface area (Å²) in [5.74, 6) is 1.57. The van der Waals surface area contributed by atoms with Crippen LogP contribution in [0.3, 0.4) is 0 Å². The zero-order valence-electron chi connectivity index (χ0n) is 17.1. The summed E-state index contributed by atoms with van der Waals surface area (Å²) in [6.07, 6.45) is 5.48. The first-order chi connectivity index (χ1) is 12.5. The lowest BCUT2D eigenvalue weighted by Gasteiger charge is -2.30. The summed E-state index contributed by atoms with van der Waals surface area (Å²) in [5.41, 5.74) is 2.06. The van der Waals surface area contributed by atoms with Crippen molar-refractivity contribution in [1.29, 1.82) is 0 Å². The van der Waals surface area contributed by atoms with Crippen molar-refractivity contribution in [2.45, 2.75) is 53.0 Å². The maximum Gasteiger partial charge on any atom is 0.121 e. The van der Waals surface area contributed by atoms with Crippen molar-refractivity contribution in [2.75, 3.05) is 32.1 Å². The first-order valence-electron chi connectivity index (χ1n) is 9.95. The molecule has 4 heteroatoms. The average Bonchev–Trinajstić information content (AvgIpc) is 2.63. The van der Waals surface area contributed by atoms with Crippen molar-refractivity contribution in [3.63, 3.8) is 0 Å². The maximum absolute atomic E-state index is 5.43. The molecule has 0 saturated heterocycles. The van der Waals surface area contributed by atoms with Gasteiger partial charge < -0.3 is 15.0 Å². The van der Waals surface area contributed by atoms with Gasteiger partial charge in [-0.1, -0.05) is 33.3 Å². The number of benzene rings is 1. The van der Waals surface area contributed by atoms with Crippen LogP contribution in [0.4, 0.5) is 5.69 Å². The molecule has 144 valence electrons. The van der Waals surface area contributed by atoms with Gasteiger partial charge in [-0.15, -0.1) is 0 Å². The second-order valence-corrected chi connectivity index (χ2v) is 7.56. The number of ether oxygens (including phenoxy) is 1. The second kappa shape index (κ2) is 10.4. The second-order valence-electron chi connectivity index (χ2n) is 7.56. The number of pyridine rings is 1. The standard InChI is InChI=1S/C22H35N3O/c1-6-9-18(4)25(16-17(2)3)13-8-12-23-21-15-20(26-5)14-19-10-7-11-24-22(19)21/h7,10-11,14-15,17-18,23H,6,8-9,12-13,16H2,1-5H3/t18-/m0/s1. The molecule has 0 radical (unpaired) electrons. The van der Waals surface area contributed by atoms with E-state index in [9.17, 15) is 0 Å². The Balaban J connectivity index is 1.97. The number of methoxy groups -OCH3 is 1. The zero-order valence-corrected chi connectivity index (χ0v) is 17.1. The predicted molar refractivity (Wildman–Crippen MR) is 112 cm³/mol. The van der Waals surface area contributed by atoms with Gasteiger partial charge in [-0.05, 0) is 37.8 Å². The lowest BCUT2D eigenvalue weighted by molar-refractivity contribution is 0.177. The van der Waals surface area contributed by atoms with Gasteiger partial charge >= 0.3 is 0 Å². The molecule has 1 N–H and O–H groups in total. The minimum absolute atomic E-state index is 0.654. The predicted octanol–water partition coefficient (Wildman–Crippen LogP) is 5.19. The number of hydrogen-bond acceptors (Lipinski definition) is 4. The van der Waals surface area contributed by atoms with Crippen molar-refractivity contribution >= 4 is 16.6 Å². The summed E-state index contributed by atoms with van der Waals surface area (Å²) >= 11 is 0. The number of hydrogen-bond donors (Lipinski definition) is 1. The number of nitrogens with one attached hydrogen (secondary N) is 1. The van der Waals surface area contributed by atoms with E-state index in [-0.39, 0.29) is 0 Å². The molecule has 26 heavy (non-hydrogen) atoms. The van der Waals surface area contributed by atoms with E-state index in [0.29, 0.717) is 12.0 Å². The van der Waals surface area contributed by atoms with Gasteiger partial charge in [0.05, 0.1) is 18.3 Å². The minimum Gasteiger partial charge on any atom is -0.497 e. The van der Waals surface area contributed by atoms with Crippen molar-refractivity contribution in [3.8, 4) is 5.75 Å². The third-order valence-electron chi connectivity index (χ3n) is 4.78. The van der Waals surface area contributed by atoms with Crippen molar-refractivity contribution in [3.05, 3.63) is 30.5 Å². The molecule has 4 nitrogen and oxygen atoms in total. The molecule has 1 aromatic heterocycles. The van der Waals surface area contributed by atoms with Crippen LogP contribution >= 0.6 is 0 Å². The third kappa shape index (κ3) is 5.87. The van der Waals surface area contributed by atoms with E-state index in [1.54, 1.807) is 7.11 Å². The third-order valence-corrected chi connectivity index (χ3v) is 4.78. The molecule has 0 bridgehead atoms. The fourth-order valence-corrected chi connectivity index (χ4v) is 3.48. The van der Waals surface area contributed by atoms with Gasteiger partial charge in [0.2, 0.25) is 0 Å². The summed E-state index contributed by atoms with van der Waals surface area (Å²) in [6.45, 7) is 12.5. The van der Waals surface area contributed by atoms with E-state index in [1.807, 2.05) is 24.4 Å². The van der Waals surface area contributed by atoms with Crippen molar-refractivity contribution in [1.82, 2.24) is 9.88 Å². The quantitative estimate of drug-likeness (QED) is 0.561. The van der Waals surface area contributed by atoms with Crippen molar-refractivity contribution in [2.24, 2.45) is 5.92 Å². The molecule has 2 aromatic rings. The first-order valence-corrected chi connectivity index (χ1v) is 9.95. The highest BCUT2D eigenvalue weighted by Crippen LogP contribution is 2.27. The van der Waals surface area contributed by atoms with E-state index < -0.39 is 0 Å². The van der Waals surface area contributed by atoms with E-state index in [2.05, 4.69) is 49.0 Å². The van der Waals surface area contributed by atoms with Crippen LogP contribution in [0.2, 0.25) is 0 Å². The Labute approximate surface area is 159 Å². The van der Waals surface area contributed by atoms with Gasteiger partial charge in [0.25, 0.3) is 0 Å². The highest BCUT2D eigenvalue weighted by atomic mass is 16.5. The van der Waals surface area contributed by atoms with Crippen LogP contribution in [-0.4, -0.2) is 42.7 Å². The highest BCUT2D eigenvalue weighted by molar-refractivity contribution is 5.91. The molecular formula is C22H35N3O. The van der Waals surface area contributed by atoms with Crippen LogP contribution in [0, 0.1) is 5.92 Å². The molecule has 0 amide bonds. The summed E-state index contributed by atoms with van der Waals surface area (Å²) in [5, 5.41) is 4.68. The molecule has 0 aliphatic heterocycles. The topological polar surface area (TPSA) is 37.4 Å². The molecule has 1 heterocycles. The lowest BCUT2D eigenvalue weighted by Crippen LogP contribution is -2.37. The number of anilines is 1. The van der Waals surface area contributed by atoms with Gasteiger partial charge in [0, 0.05) is 43.3 Å². The Bertz CT molecular complexity index is 671. The number of nitrogens with zero attached hydrogens (tertiary/aromatic N) is 2. The Hall–Kier alpha value is -1.81. The SMILES string of the molecule is CCC[C@H](C)N(CCCNc1cc(OC)cc2cccnc12)CC(C)C. The minimum atomic E-state index is 0.654. The summed E-state index contributed by atoms with van der Waals surface area (Å²) in [6, 6.07) is 8.77. The van der Waals surface area contributed by atoms with Crippen LogP contribution in [0.25, 0.3) is 10.9 Å². The first kappa shape index (κ1) is 20.5. The monoisotopic (exact) mass is 357 g/mol. The Morgan fingerprint density at radius 1 is 1.23 bits per heavy atom. The van der Waals surface area contributed by atoms with Crippen LogP contribution < -0.4 is 10.1 Å². The van der Waals surface area contributed by atoms with Gasteiger partial charge in [0.15, 0.2) is 0 Å². The summed E-state index contributed by atoms with van der Waals surface area (Å²) in [7, 11) is 1.71. The number of fused-ring (bicyclic) bond motifs is 1. The molecule has 0 aliphatic rings. The summed E-state index contributed by atoms with van der Waals surface area (Å²) in [4.78, 5) is 7.17. The molecule has 1 aromatic carbocycles. The maximum atomic E-state index is 5.43. The molecular weight excluding hydrogens is 322 g/mol. The number of rotatable bonds is 11. The smallest absolute Gasteiger partial charge is 0.121 e. The van der Waals surface area contributed by atoms with E-state index in [0.717, 1.165) is 41.9 Å². The van der Waals surface area contributed by atoms with Crippen LogP contribution in [-0.2, 0) is 0 Å². The van der Waals surface area contributed by atoms with Gasteiger partial charge in [0.1, 0.15) is 5.75 Å². The van der Waals surface area contributed by atoms with E-state index >= 15 is 0 Å². The molecule has 1 atom stereocenters. The molecule has 2 rings (SSSR count). The van der Waals surface area contributed by atoms with E-state index in [4.69, 9.17) is 4.74 Å². The number of aromatic nitrogens is 1. The molecule has 0 fully saturated rings. The molecule has 0 saturated carbocycles. The largest absolute Gasteiger partial charge is 0.497 e. The van der Waals surface area contributed by atoms with Crippen molar-refractivity contribution < 1.29 is 4.74 Å². The average molecular weight is 358 g/mol. The van der Waals surface area contributed by atoms with Gasteiger partial charge in [-0.2, -0.15) is 0 Å². The van der Waals surface area contributed by atoms with Crippen LogP contribution in [0.5, 0.6) is 5.75 Å². The highest BCUT2D eigenvalue weighted by Gasteiger charge is 2.14. The van der Waals surface area contributed by atoms with Gasteiger partial charge in [-0.25, -0.2) is 0 Å². The normalized spacial score (nSPS) is 12.7. The van der Waals surface area contributed by atoms with Crippen LogP contribution in [0.1, 0.15) is 47.0 Å². The summed E-state index contributed by atoms with van der Waals surface area (Å²) < 4.78 is 5.43. The fourth-order valence-electron chi connectivity index (χ4n) is 3.48. The molecule has 0 aliphatic carbocycles. The Morgan fingerprint density at radius 3 is 2.73 bits per heavy atom. The molecule has 0 spiro atoms.